The van der Waals surface area contributed by atoms with E-state index in [9.17, 15) is 5.11 Å². The lowest BCUT2D eigenvalue weighted by Gasteiger charge is -2.23. The van der Waals surface area contributed by atoms with Crippen molar-refractivity contribution in [1.82, 2.24) is 10.6 Å². The van der Waals surface area contributed by atoms with Crippen LogP contribution in [0.15, 0.2) is 65.7 Å². The summed E-state index contributed by atoms with van der Waals surface area (Å²) >= 11 is 0. The van der Waals surface area contributed by atoms with E-state index < -0.39 is 5.60 Å². The van der Waals surface area contributed by atoms with Crippen molar-refractivity contribution < 1.29 is 5.11 Å². The Morgan fingerprint density at radius 1 is 1.04 bits per heavy atom. The summed E-state index contributed by atoms with van der Waals surface area (Å²) in [5.41, 5.74) is 1.17. The first-order valence-electron chi connectivity index (χ1n) is 8.88. The second kappa shape index (κ2) is 9.23. The lowest BCUT2D eigenvalue weighted by Crippen LogP contribution is -2.40. The van der Waals surface area contributed by atoms with Crippen LogP contribution in [0.25, 0.3) is 0 Å². The summed E-state index contributed by atoms with van der Waals surface area (Å²) in [6.07, 6.45) is 0. The highest BCUT2D eigenvalue weighted by Gasteiger charge is 2.22. The van der Waals surface area contributed by atoms with E-state index in [1.807, 2.05) is 43.3 Å². The summed E-state index contributed by atoms with van der Waals surface area (Å²) < 4.78 is 0. The maximum absolute atomic E-state index is 10.7. The molecule has 4 heteroatoms. The molecule has 0 spiro atoms. The van der Waals surface area contributed by atoms with Crippen molar-refractivity contribution in [2.24, 2.45) is 4.99 Å². The molecule has 0 aliphatic carbocycles. The molecule has 2 atom stereocenters. The number of guanidine groups is 1. The predicted molar refractivity (Wildman–Crippen MR) is 105 cm³/mol. The molecular formula is C21H29N3O. The zero-order chi connectivity index (χ0) is 18.1. The maximum atomic E-state index is 10.7. The molecule has 134 valence electrons. The van der Waals surface area contributed by atoms with Gasteiger partial charge in [0.1, 0.15) is 5.60 Å². The van der Waals surface area contributed by atoms with Gasteiger partial charge in [0, 0.05) is 13.1 Å². The Bertz CT molecular complexity index is 653. The fourth-order valence-electron chi connectivity index (χ4n) is 2.61. The van der Waals surface area contributed by atoms with Gasteiger partial charge in [-0.25, -0.2) is 4.99 Å². The lowest BCUT2D eigenvalue weighted by molar-refractivity contribution is 0.0672. The van der Waals surface area contributed by atoms with Crippen molar-refractivity contribution in [3.63, 3.8) is 0 Å². The minimum atomic E-state index is -0.991. The normalized spacial score (nSPS) is 15.3. The summed E-state index contributed by atoms with van der Waals surface area (Å²) in [6, 6.07) is 20.1. The Morgan fingerprint density at radius 2 is 1.64 bits per heavy atom. The van der Waals surface area contributed by atoms with E-state index >= 15 is 0 Å². The molecule has 0 aromatic heterocycles. The third-order valence-electron chi connectivity index (χ3n) is 4.23. The molecule has 2 rings (SSSR count). The van der Waals surface area contributed by atoms with Gasteiger partial charge < -0.3 is 15.7 Å². The molecular weight excluding hydrogens is 310 g/mol. The second-order valence-corrected chi connectivity index (χ2v) is 6.53. The molecule has 0 saturated heterocycles. The number of nitrogens with one attached hydrogen (secondary N) is 2. The van der Waals surface area contributed by atoms with Gasteiger partial charge >= 0.3 is 0 Å². The van der Waals surface area contributed by atoms with Crippen LogP contribution in [0.3, 0.4) is 0 Å². The molecule has 0 bridgehead atoms. The minimum Gasteiger partial charge on any atom is -0.384 e. The molecule has 0 amide bonds. The van der Waals surface area contributed by atoms with Gasteiger partial charge in [0.25, 0.3) is 0 Å². The van der Waals surface area contributed by atoms with Crippen LogP contribution < -0.4 is 10.6 Å². The van der Waals surface area contributed by atoms with Crippen LogP contribution in [0.1, 0.15) is 37.8 Å². The largest absolute Gasteiger partial charge is 0.384 e. The Kier molecular flexibility index (Phi) is 7.02. The molecule has 2 unspecified atom stereocenters. The first-order chi connectivity index (χ1) is 12.0. The highest BCUT2D eigenvalue weighted by atomic mass is 16.3. The van der Waals surface area contributed by atoms with E-state index in [-0.39, 0.29) is 0 Å². The summed E-state index contributed by atoms with van der Waals surface area (Å²) in [6.45, 7) is 7.87. The molecule has 0 saturated carbocycles. The van der Waals surface area contributed by atoms with E-state index in [0.717, 1.165) is 24.6 Å². The number of nitrogens with zero attached hydrogens (tertiary/aromatic N) is 1. The quantitative estimate of drug-likeness (QED) is 0.536. The van der Waals surface area contributed by atoms with E-state index in [1.54, 1.807) is 6.92 Å². The molecule has 3 N–H and O–H groups in total. The van der Waals surface area contributed by atoms with Crippen molar-refractivity contribution in [2.45, 2.75) is 32.3 Å². The third kappa shape index (κ3) is 5.91. The van der Waals surface area contributed by atoms with Crippen molar-refractivity contribution in [1.29, 1.82) is 0 Å². The SMILES string of the molecule is CCNC(=NCC(C)(O)c1ccccc1)NCC(C)c1ccccc1. The van der Waals surface area contributed by atoms with Gasteiger partial charge in [0.2, 0.25) is 0 Å². The van der Waals surface area contributed by atoms with Gasteiger partial charge in [-0.15, -0.1) is 0 Å². The van der Waals surface area contributed by atoms with Crippen molar-refractivity contribution in [2.75, 3.05) is 19.6 Å². The van der Waals surface area contributed by atoms with Gasteiger partial charge in [-0.3, -0.25) is 0 Å². The predicted octanol–water partition coefficient (Wildman–Crippen LogP) is 3.25. The van der Waals surface area contributed by atoms with Crippen LogP contribution in [-0.4, -0.2) is 30.7 Å². The Morgan fingerprint density at radius 3 is 2.24 bits per heavy atom. The summed E-state index contributed by atoms with van der Waals surface area (Å²) in [7, 11) is 0. The summed E-state index contributed by atoms with van der Waals surface area (Å²) in [4.78, 5) is 4.57. The number of rotatable bonds is 7. The van der Waals surface area contributed by atoms with Crippen molar-refractivity contribution in [3.05, 3.63) is 71.8 Å². The Balaban J connectivity index is 1.98. The first kappa shape index (κ1) is 19.0. The number of hydrogen-bond acceptors (Lipinski definition) is 2. The molecule has 25 heavy (non-hydrogen) atoms. The Hall–Kier alpha value is -2.33. The van der Waals surface area contributed by atoms with Gasteiger partial charge in [-0.2, -0.15) is 0 Å². The average Bonchev–Trinajstić information content (AvgIpc) is 2.65. The third-order valence-corrected chi connectivity index (χ3v) is 4.23. The Labute approximate surface area is 151 Å². The van der Waals surface area contributed by atoms with Gasteiger partial charge in [-0.05, 0) is 30.9 Å². The molecule has 0 fully saturated rings. The monoisotopic (exact) mass is 339 g/mol. The van der Waals surface area contributed by atoms with Gasteiger partial charge in [0.05, 0.1) is 6.54 Å². The standard InChI is InChI=1S/C21H29N3O/c1-4-22-20(23-15-17(2)18-11-7-5-8-12-18)24-16-21(3,25)19-13-9-6-10-14-19/h5-14,17,25H,4,15-16H2,1-3H3,(H2,22,23,24). The second-order valence-electron chi connectivity index (χ2n) is 6.53. The molecule has 4 nitrogen and oxygen atoms in total. The minimum absolute atomic E-state index is 0.298. The number of aliphatic hydroxyl groups is 1. The van der Waals surface area contributed by atoms with E-state index in [0.29, 0.717) is 12.5 Å². The number of hydrogen-bond donors (Lipinski definition) is 3. The van der Waals surface area contributed by atoms with Gasteiger partial charge in [-0.1, -0.05) is 67.6 Å². The topological polar surface area (TPSA) is 56.7 Å². The zero-order valence-corrected chi connectivity index (χ0v) is 15.4. The smallest absolute Gasteiger partial charge is 0.191 e. The summed E-state index contributed by atoms with van der Waals surface area (Å²) in [5, 5.41) is 17.3. The van der Waals surface area contributed by atoms with Crippen molar-refractivity contribution >= 4 is 5.96 Å². The van der Waals surface area contributed by atoms with Crippen LogP contribution in [0.2, 0.25) is 0 Å². The zero-order valence-electron chi connectivity index (χ0n) is 15.4. The molecule has 0 aliphatic rings. The van der Waals surface area contributed by atoms with Crippen molar-refractivity contribution in [3.8, 4) is 0 Å². The van der Waals surface area contributed by atoms with Crippen LogP contribution in [0.5, 0.6) is 0 Å². The van der Waals surface area contributed by atoms with E-state index in [1.165, 1.54) is 5.56 Å². The van der Waals surface area contributed by atoms with Crippen LogP contribution in [0, 0.1) is 0 Å². The van der Waals surface area contributed by atoms with Gasteiger partial charge in [0.15, 0.2) is 5.96 Å². The fraction of sp³-hybridized carbons (Fsp3) is 0.381. The highest BCUT2D eigenvalue weighted by Crippen LogP contribution is 2.20. The van der Waals surface area contributed by atoms with E-state index in [2.05, 4.69) is 46.8 Å². The lowest BCUT2D eigenvalue weighted by atomic mass is 9.96. The van der Waals surface area contributed by atoms with Crippen LogP contribution >= 0.6 is 0 Å². The summed E-state index contributed by atoms with van der Waals surface area (Å²) in [5.74, 6) is 1.10. The fourth-order valence-corrected chi connectivity index (χ4v) is 2.61. The average molecular weight is 339 g/mol. The molecule has 0 aliphatic heterocycles. The molecule has 2 aromatic rings. The van der Waals surface area contributed by atoms with Crippen LogP contribution in [-0.2, 0) is 5.60 Å². The number of aliphatic imine (C=N–C) groups is 1. The maximum Gasteiger partial charge on any atom is 0.191 e. The number of benzene rings is 2. The molecule has 0 heterocycles. The van der Waals surface area contributed by atoms with Crippen LogP contribution in [0.4, 0.5) is 0 Å². The molecule has 0 radical (unpaired) electrons. The first-order valence-corrected chi connectivity index (χ1v) is 8.88. The molecule has 2 aromatic carbocycles. The highest BCUT2D eigenvalue weighted by molar-refractivity contribution is 5.79. The van der Waals surface area contributed by atoms with E-state index in [4.69, 9.17) is 0 Å².